The van der Waals surface area contributed by atoms with Crippen molar-refractivity contribution in [3.8, 4) is 0 Å². The monoisotopic (exact) mass is 373 g/mol. The van der Waals surface area contributed by atoms with Gasteiger partial charge in [0, 0.05) is 28.9 Å². The average molecular weight is 374 g/mol. The van der Waals surface area contributed by atoms with E-state index >= 15 is 0 Å². The fraction of sp³-hybridized carbons (Fsp3) is 0.765. The van der Waals surface area contributed by atoms with Gasteiger partial charge < -0.3 is 10.1 Å². The van der Waals surface area contributed by atoms with Crippen LogP contribution in [-0.4, -0.2) is 25.3 Å². The number of methoxy groups -OCH3 is 1. The summed E-state index contributed by atoms with van der Waals surface area (Å²) in [4.78, 5) is 1.43. The second kappa shape index (κ2) is 8.09. The lowest BCUT2D eigenvalue weighted by Gasteiger charge is -2.44. The summed E-state index contributed by atoms with van der Waals surface area (Å²) in [5.74, 6) is 0.841. The maximum atomic E-state index is 6.10. The van der Waals surface area contributed by atoms with Gasteiger partial charge in [0.15, 0.2) is 0 Å². The number of thiophene rings is 1. The van der Waals surface area contributed by atoms with E-state index < -0.39 is 0 Å². The first kappa shape index (κ1) is 17.5. The van der Waals surface area contributed by atoms with Gasteiger partial charge in [-0.05, 0) is 71.9 Å². The average Bonchev–Trinajstić information content (AvgIpc) is 2.90. The fourth-order valence-electron chi connectivity index (χ4n) is 3.36. The van der Waals surface area contributed by atoms with Crippen molar-refractivity contribution < 1.29 is 4.74 Å². The van der Waals surface area contributed by atoms with E-state index in [-0.39, 0.29) is 5.60 Å². The number of ether oxygens (including phenoxy) is 1. The van der Waals surface area contributed by atoms with Crippen LogP contribution < -0.4 is 5.32 Å². The van der Waals surface area contributed by atoms with E-state index in [0.717, 1.165) is 25.3 Å². The molecule has 1 aliphatic carbocycles. The summed E-state index contributed by atoms with van der Waals surface area (Å²) in [6, 6.07) is 2.56. The second-order valence-electron chi connectivity index (χ2n) is 6.35. The Morgan fingerprint density at radius 1 is 1.48 bits per heavy atom. The van der Waals surface area contributed by atoms with Crippen LogP contribution in [0.4, 0.5) is 0 Å². The molecule has 1 saturated carbocycles. The third-order valence-corrected chi connectivity index (χ3v) is 6.83. The Labute approximate surface area is 141 Å². The molecule has 0 radical (unpaired) electrons. The highest BCUT2D eigenvalue weighted by molar-refractivity contribution is 9.10. The molecule has 2 rings (SSSR count). The minimum absolute atomic E-state index is 0.00507. The summed E-state index contributed by atoms with van der Waals surface area (Å²) in [6.07, 6.45) is 7.14. The van der Waals surface area contributed by atoms with Crippen molar-refractivity contribution in [3.05, 3.63) is 20.8 Å². The Hall–Kier alpha value is 0.1000. The highest BCUT2D eigenvalue weighted by Crippen LogP contribution is 2.39. The van der Waals surface area contributed by atoms with Gasteiger partial charge in [0.1, 0.15) is 0 Å². The zero-order chi connectivity index (χ0) is 15.3. The number of rotatable bonds is 7. The summed E-state index contributed by atoms with van der Waals surface area (Å²) in [5, 5.41) is 5.94. The zero-order valence-corrected chi connectivity index (χ0v) is 15.9. The third-order valence-electron chi connectivity index (χ3n) is 4.88. The van der Waals surface area contributed by atoms with Gasteiger partial charge in [-0.3, -0.25) is 0 Å². The Morgan fingerprint density at radius 2 is 2.19 bits per heavy atom. The molecule has 0 aromatic carbocycles. The van der Waals surface area contributed by atoms with E-state index in [1.165, 1.54) is 35.0 Å². The van der Waals surface area contributed by atoms with Gasteiger partial charge >= 0.3 is 0 Å². The van der Waals surface area contributed by atoms with Crippen molar-refractivity contribution in [3.63, 3.8) is 0 Å². The van der Waals surface area contributed by atoms with E-state index in [1.807, 2.05) is 18.4 Å². The molecule has 21 heavy (non-hydrogen) atoms. The lowest BCUT2D eigenvalue weighted by Crippen LogP contribution is -2.55. The molecule has 1 aromatic rings. The molecule has 1 aromatic heterocycles. The lowest BCUT2D eigenvalue weighted by atomic mass is 9.74. The molecule has 1 fully saturated rings. The molecule has 1 heterocycles. The van der Waals surface area contributed by atoms with Crippen molar-refractivity contribution in [2.24, 2.45) is 5.92 Å². The number of halogens is 1. The smallest absolute Gasteiger partial charge is 0.0834 e. The van der Waals surface area contributed by atoms with Gasteiger partial charge in [0.25, 0.3) is 0 Å². The van der Waals surface area contributed by atoms with Crippen LogP contribution in [0.2, 0.25) is 0 Å². The van der Waals surface area contributed by atoms with Gasteiger partial charge in [-0.15, -0.1) is 11.3 Å². The first-order chi connectivity index (χ1) is 10.1. The molecule has 1 aliphatic rings. The molecule has 4 heteroatoms. The number of hydrogen-bond donors (Lipinski definition) is 1. The molecular formula is C17H28BrNOS. The van der Waals surface area contributed by atoms with Crippen LogP contribution in [0, 0.1) is 5.92 Å². The van der Waals surface area contributed by atoms with Crippen molar-refractivity contribution in [1.82, 2.24) is 5.32 Å². The Balaban J connectivity index is 2.14. The molecule has 1 unspecified atom stereocenters. The molecule has 1 N–H and O–H groups in total. The zero-order valence-electron chi connectivity index (χ0n) is 13.5. The Bertz CT molecular complexity index is 426. The highest BCUT2D eigenvalue weighted by atomic mass is 79.9. The maximum Gasteiger partial charge on any atom is 0.0834 e. The quantitative estimate of drug-likeness (QED) is 0.724. The van der Waals surface area contributed by atoms with E-state index in [2.05, 4.69) is 46.5 Å². The van der Waals surface area contributed by atoms with Crippen LogP contribution >= 0.6 is 27.3 Å². The molecule has 1 atom stereocenters. The molecule has 0 saturated heterocycles. The topological polar surface area (TPSA) is 21.3 Å². The maximum absolute atomic E-state index is 6.10. The minimum Gasteiger partial charge on any atom is -0.377 e. The molecule has 2 nitrogen and oxygen atoms in total. The van der Waals surface area contributed by atoms with Crippen LogP contribution in [0.25, 0.3) is 0 Å². The molecule has 0 amide bonds. The van der Waals surface area contributed by atoms with Crippen molar-refractivity contribution in [2.75, 3.05) is 13.7 Å². The van der Waals surface area contributed by atoms with Crippen LogP contribution in [0.15, 0.2) is 15.9 Å². The number of nitrogens with one attached hydrogen (secondary N) is 1. The largest absolute Gasteiger partial charge is 0.377 e. The van der Waals surface area contributed by atoms with Gasteiger partial charge in [-0.25, -0.2) is 0 Å². The van der Waals surface area contributed by atoms with Crippen LogP contribution in [-0.2, 0) is 11.2 Å². The molecule has 120 valence electrons. The molecule has 0 bridgehead atoms. The Kier molecular flexibility index (Phi) is 6.73. The first-order valence-electron chi connectivity index (χ1n) is 8.11. The summed E-state index contributed by atoms with van der Waals surface area (Å²) < 4.78 is 7.34. The first-order valence-corrected chi connectivity index (χ1v) is 9.79. The van der Waals surface area contributed by atoms with E-state index in [9.17, 15) is 0 Å². The van der Waals surface area contributed by atoms with Crippen LogP contribution in [0.5, 0.6) is 0 Å². The predicted octanol–water partition coefficient (Wildman–Crippen LogP) is 5.02. The van der Waals surface area contributed by atoms with Crippen molar-refractivity contribution in [2.45, 2.75) is 64.0 Å². The normalized spacial score (nSPS) is 27.7. The standard InChI is InChI=1S/C17H28BrNOS/c1-4-10-19-16(12-15-14(18)7-11-21-15)17(20-3)8-5-13(2)6-9-17/h7,11,13,16,19H,4-6,8-10,12H2,1-3H3. The number of hydrogen-bond acceptors (Lipinski definition) is 3. The van der Waals surface area contributed by atoms with Gasteiger partial charge in [0.2, 0.25) is 0 Å². The van der Waals surface area contributed by atoms with E-state index in [1.54, 1.807) is 0 Å². The summed E-state index contributed by atoms with van der Waals surface area (Å²) in [7, 11) is 1.90. The SMILES string of the molecule is CCCNC(Cc1sccc1Br)C1(OC)CCC(C)CC1. The van der Waals surface area contributed by atoms with Crippen LogP contribution in [0.1, 0.15) is 50.8 Å². The Morgan fingerprint density at radius 3 is 2.71 bits per heavy atom. The van der Waals surface area contributed by atoms with E-state index in [4.69, 9.17) is 4.74 Å². The van der Waals surface area contributed by atoms with E-state index in [0.29, 0.717) is 6.04 Å². The van der Waals surface area contributed by atoms with Crippen LogP contribution in [0.3, 0.4) is 0 Å². The van der Waals surface area contributed by atoms with Crippen molar-refractivity contribution in [1.29, 1.82) is 0 Å². The summed E-state index contributed by atoms with van der Waals surface area (Å²) in [5.41, 5.74) is 0.00507. The predicted molar refractivity (Wildman–Crippen MR) is 95.2 cm³/mol. The fourth-order valence-corrected chi connectivity index (χ4v) is 4.93. The molecule has 0 spiro atoms. The summed E-state index contributed by atoms with van der Waals surface area (Å²) in [6.45, 7) is 5.66. The minimum atomic E-state index is 0.00507. The molecule has 0 aliphatic heterocycles. The van der Waals surface area contributed by atoms with Gasteiger partial charge in [0.05, 0.1) is 5.60 Å². The van der Waals surface area contributed by atoms with Crippen molar-refractivity contribution >= 4 is 27.3 Å². The highest BCUT2D eigenvalue weighted by Gasteiger charge is 2.41. The summed E-state index contributed by atoms with van der Waals surface area (Å²) >= 11 is 5.52. The van der Waals surface area contributed by atoms with Gasteiger partial charge in [-0.2, -0.15) is 0 Å². The third kappa shape index (κ3) is 4.31. The molecular weight excluding hydrogens is 346 g/mol. The van der Waals surface area contributed by atoms with Gasteiger partial charge in [-0.1, -0.05) is 13.8 Å². The lowest BCUT2D eigenvalue weighted by molar-refractivity contribution is -0.0744. The second-order valence-corrected chi connectivity index (χ2v) is 8.21.